The first-order valence-corrected chi connectivity index (χ1v) is 19.5. The van der Waals surface area contributed by atoms with Gasteiger partial charge >= 0.3 is 0 Å². The molecule has 0 saturated heterocycles. The molecule has 4 saturated carbocycles. The van der Waals surface area contributed by atoms with Crippen LogP contribution in [0.2, 0.25) is 0 Å². The number of rotatable bonds is 3. The average Bonchev–Trinajstić information content (AvgIpc) is 3.49. The second-order valence-electron chi connectivity index (χ2n) is 16.4. The summed E-state index contributed by atoms with van der Waals surface area (Å²) in [4.78, 5) is 0. The van der Waals surface area contributed by atoms with E-state index in [1.54, 1.807) is 11.1 Å². The van der Waals surface area contributed by atoms with Crippen LogP contribution in [0, 0.1) is 23.7 Å². The molecule has 248 valence electrons. The molecule has 0 atom stereocenters. The Labute approximate surface area is 305 Å². The van der Waals surface area contributed by atoms with Gasteiger partial charge in [-0.1, -0.05) is 152 Å². The minimum Gasteiger partial charge on any atom is -0.0622 e. The molecule has 0 amide bonds. The highest BCUT2D eigenvalue weighted by molar-refractivity contribution is 6.22. The molecule has 4 bridgehead atoms. The van der Waals surface area contributed by atoms with Crippen molar-refractivity contribution in [3.8, 4) is 44.5 Å². The van der Waals surface area contributed by atoms with Gasteiger partial charge in [-0.2, -0.15) is 0 Å². The summed E-state index contributed by atoms with van der Waals surface area (Å²) in [6.07, 6.45) is 7.10. The highest BCUT2D eigenvalue weighted by Gasteiger charge is 2.61. The van der Waals surface area contributed by atoms with Crippen LogP contribution in [0.25, 0.3) is 76.8 Å². The summed E-state index contributed by atoms with van der Waals surface area (Å²) in [6.45, 7) is 0. The second-order valence-corrected chi connectivity index (χ2v) is 16.4. The van der Waals surface area contributed by atoms with Gasteiger partial charge in [0.05, 0.1) is 0 Å². The first-order chi connectivity index (χ1) is 25.8. The minimum absolute atomic E-state index is 0.149. The van der Waals surface area contributed by atoms with E-state index in [0.717, 1.165) is 23.7 Å². The van der Waals surface area contributed by atoms with E-state index in [0.29, 0.717) is 0 Å². The molecule has 0 aromatic heterocycles. The lowest BCUT2D eigenvalue weighted by molar-refractivity contribution is -0.0399. The lowest BCUT2D eigenvalue weighted by Gasteiger charge is -2.61. The molecule has 0 radical (unpaired) electrons. The van der Waals surface area contributed by atoms with Crippen molar-refractivity contribution in [2.45, 2.75) is 37.5 Å². The van der Waals surface area contributed by atoms with Gasteiger partial charge in [0.15, 0.2) is 0 Å². The van der Waals surface area contributed by atoms with Crippen LogP contribution in [-0.2, 0) is 5.41 Å². The van der Waals surface area contributed by atoms with Crippen molar-refractivity contribution in [1.29, 1.82) is 0 Å². The fourth-order valence-electron chi connectivity index (χ4n) is 12.4. The quantitative estimate of drug-likeness (QED) is 0.165. The number of benzene rings is 8. The van der Waals surface area contributed by atoms with Gasteiger partial charge in [-0.3, -0.25) is 0 Å². The van der Waals surface area contributed by atoms with Crippen molar-refractivity contribution in [3.05, 3.63) is 169 Å². The first kappa shape index (κ1) is 29.2. The van der Waals surface area contributed by atoms with Gasteiger partial charge in [0, 0.05) is 5.41 Å². The summed E-state index contributed by atoms with van der Waals surface area (Å²) in [5, 5.41) is 8.04. The fourth-order valence-corrected chi connectivity index (χ4v) is 12.4. The zero-order valence-corrected chi connectivity index (χ0v) is 29.4. The van der Waals surface area contributed by atoms with E-state index in [-0.39, 0.29) is 5.41 Å². The van der Waals surface area contributed by atoms with Crippen molar-refractivity contribution in [1.82, 2.24) is 0 Å². The van der Waals surface area contributed by atoms with Crippen LogP contribution in [0.1, 0.15) is 43.2 Å². The molecule has 0 nitrogen and oxygen atoms in total. The molecule has 8 aromatic rings. The third-order valence-electron chi connectivity index (χ3n) is 14.0. The first-order valence-electron chi connectivity index (χ1n) is 19.5. The van der Waals surface area contributed by atoms with Gasteiger partial charge in [0.25, 0.3) is 0 Å². The molecule has 1 spiro atoms. The Morgan fingerprint density at radius 1 is 0.346 bits per heavy atom. The molecule has 52 heavy (non-hydrogen) atoms. The Morgan fingerprint density at radius 2 is 0.885 bits per heavy atom. The molecule has 0 N–H and O–H groups in total. The second kappa shape index (κ2) is 10.8. The molecule has 0 heterocycles. The van der Waals surface area contributed by atoms with E-state index < -0.39 is 0 Å². The lowest BCUT2D eigenvalue weighted by atomic mass is 9.43. The summed E-state index contributed by atoms with van der Waals surface area (Å²) >= 11 is 0. The van der Waals surface area contributed by atoms with E-state index in [1.807, 2.05) is 0 Å². The molecule has 13 rings (SSSR count). The number of hydrogen-bond donors (Lipinski definition) is 0. The van der Waals surface area contributed by atoms with Crippen LogP contribution in [0.3, 0.4) is 0 Å². The SMILES string of the molecule is c1ccc(-c2ccccc2-c2c3ccccc3c(-c3ccc4c(c3)-c3c(ccc5ccccc35)C43C4CC5CC(C4)CC3C5)c3ccccc23)cc1. The molecule has 5 aliphatic carbocycles. The van der Waals surface area contributed by atoms with Gasteiger partial charge in [-0.25, -0.2) is 0 Å². The topological polar surface area (TPSA) is 0 Å². The molecule has 8 aromatic carbocycles. The number of fused-ring (bicyclic) bond motifs is 7. The highest BCUT2D eigenvalue weighted by atomic mass is 14.6. The summed E-state index contributed by atoms with van der Waals surface area (Å²) < 4.78 is 0. The molecule has 0 heteroatoms. The summed E-state index contributed by atoms with van der Waals surface area (Å²) in [5.74, 6) is 3.37. The molecular formula is C52H40. The van der Waals surface area contributed by atoms with E-state index in [4.69, 9.17) is 0 Å². The Morgan fingerprint density at radius 3 is 1.56 bits per heavy atom. The Kier molecular flexibility index (Phi) is 6.04. The maximum Gasteiger partial charge on any atom is 0.0272 e. The Bertz CT molecular complexity index is 2660. The third-order valence-corrected chi connectivity index (χ3v) is 14.0. The molecular weight excluding hydrogens is 625 g/mol. The predicted octanol–water partition coefficient (Wildman–Crippen LogP) is 13.9. The van der Waals surface area contributed by atoms with Crippen LogP contribution in [0.15, 0.2) is 158 Å². The summed E-state index contributed by atoms with van der Waals surface area (Å²) in [5.41, 5.74) is 14.2. The summed E-state index contributed by atoms with van der Waals surface area (Å²) in [7, 11) is 0. The molecule has 0 unspecified atom stereocenters. The van der Waals surface area contributed by atoms with Crippen LogP contribution in [-0.4, -0.2) is 0 Å². The third kappa shape index (κ3) is 3.83. The predicted molar refractivity (Wildman–Crippen MR) is 219 cm³/mol. The van der Waals surface area contributed by atoms with Crippen molar-refractivity contribution in [2.75, 3.05) is 0 Å². The lowest BCUT2D eigenvalue weighted by Crippen LogP contribution is -2.55. The highest BCUT2D eigenvalue weighted by Crippen LogP contribution is 2.70. The normalized spacial score (nSPS) is 23.8. The van der Waals surface area contributed by atoms with E-state index in [9.17, 15) is 0 Å². The van der Waals surface area contributed by atoms with Gasteiger partial charge in [0.1, 0.15) is 0 Å². The van der Waals surface area contributed by atoms with E-state index in [1.165, 1.54) is 109 Å². The summed E-state index contributed by atoms with van der Waals surface area (Å²) in [6, 6.07) is 60.0. The standard InChI is InChI=1S/C52H40/c1-2-12-34(13-3-1)39-15-6-7-17-41(39)50-44-20-10-8-18-42(44)49(43-19-9-11-21-45(43)50)36-23-24-47-46(31-36)51-40-16-5-4-14-35(40)22-25-48(51)52(47)37-27-32-26-33(29-37)30-38(52)28-32/h1-25,31-33,37-38H,26-30H2. The van der Waals surface area contributed by atoms with Crippen LogP contribution >= 0.6 is 0 Å². The van der Waals surface area contributed by atoms with Gasteiger partial charge < -0.3 is 0 Å². The average molecular weight is 665 g/mol. The van der Waals surface area contributed by atoms with Gasteiger partial charge in [-0.05, 0) is 150 Å². The molecule has 4 fully saturated rings. The van der Waals surface area contributed by atoms with Crippen molar-refractivity contribution >= 4 is 32.3 Å². The fraction of sp³-hybridized carbons (Fsp3) is 0.192. The van der Waals surface area contributed by atoms with E-state index in [2.05, 4.69) is 158 Å². The Balaban J connectivity index is 1.14. The van der Waals surface area contributed by atoms with Crippen LogP contribution in [0.5, 0.6) is 0 Å². The van der Waals surface area contributed by atoms with Crippen molar-refractivity contribution in [2.24, 2.45) is 23.7 Å². The zero-order valence-electron chi connectivity index (χ0n) is 29.4. The molecule has 0 aliphatic heterocycles. The number of hydrogen-bond acceptors (Lipinski definition) is 0. The van der Waals surface area contributed by atoms with Gasteiger partial charge in [-0.15, -0.1) is 0 Å². The van der Waals surface area contributed by atoms with Crippen molar-refractivity contribution in [3.63, 3.8) is 0 Å². The zero-order chi connectivity index (χ0) is 34.0. The molecule has 5 aliphatic rings. The Hall–Kier alpha value is -5.46. The maximum atomic E-state index is 2.62. The monoisotopic (exact) mass is 664 g/mol. The smallest absolute Gasteiger partial charge is 0.0272 e. The maximum absolute atomic E-state index is 2.62. The van der Waals surface area contributed by atoms with Gasteiger partial charge in [0.2, 0.25) is 0 Å². The minimum atomic E-state index is 0.149. The largest absolute Gasteiger partial charge is 0.0622 e. The van der Waals surface area contributed by atoms with Crippen LogP contribution < -0.4 is 0 Å². The van der Waals surface area contributed by atoms with E-state index >= 15 is 0 Å². The van der Waals surface area contributed by atoms with Crippen molar-refractivity contribution < 1.29 is 0 Å². The van der Waals surface area contributed by atoms with Crippen LogP contribution in [0.4, 0.5) is 0 Å².